The van der Waals surface area contributed by atoms with Crippen LogP contribution in [0.3, 0.4) is 0 Å². The second-order valence-corrected chi connectivity index (χ2v) is 13.6. The topological polar surface area (TPSA) is 238 Å². The highest BCUT2D eigenvalue weighted by Crippen LogP contribution is 2.37. The van der Waals surface area contributed by atoms with Crippen LogP contribution in [0.5, 0.6) is 0 Å². The van der Waals surface area contributed by atoms with E-state index in [-0.39, 0.29) is 82.7 Å². The SMILES string of the molecule is C1CCOC1.CCC(=O)OCC(CCc1ccccc1)OC(=O)CC.CCC(=O)OCC(CO)OC(=O)CC.CCCOP(O[O-])OCC(COC(=O)CC)OC(=O)CC. The largest absolute Gasteiger partial charge is 0.716 e. The molecule has 1 N–H and O–H groups in total. The third-order valence-electron chi connectivity index (χ3n) is 7.37. The van der Waals surface area contributed by atoms with Gasteiger partial charge >= 0.3 is 44.4 Å². The first-order valence-corrected chi connectivity index (χ1v) is 21.6. The lowest BCUT2D eigenvalue weighted by Gasteiger charge is -2.22. The second kappa shape index (κ2) is 40.6. The summed E-state index contributed by atoms with van der Waals surface area (Å²) in [5, 5.41) is 19.2. The summed E-state index contributed by atoms with van der Waals surface area (Å²) in [6, 6.07) is 9.95. The summed E-state index contributed by atoms with van der Waals surface area (Å²) in [5.41, 5.74) is 1.17. The minimum atomic E-state index is -2.04. The lowest BCUT2D eigenvalue weighted by atomic mass is 10.1. The summed E-state index contributed by atoms with van der Waals surface area (Å²) in [5.74, 6) is -2.22. The zero-order valence-corrected chi connectivity index (χ0v) is 37.3. The molecule has 346 valence electrons. The third kappa shape index (κ3) is 35.0. The maximum absolute atomic E-state index is 11.4. The Morgan fingerprint density at radius 3 is 1.45 bits per heavy atom. The van der Waals surface area contributed by atoms with E-state index in [1.807, 2.05) is 37.3 Å². The highest BCUT2D eigenvalue weighted by molar-refractivity contribution is 7.41. The van der Waals surface area contributed by atoms with Crippen LogP contribution in [0.2, 0.25) is 0 Å². The number of esters is 6. The van der Waals surface area contributed by atoms with Crippen LogP contribution in [0.25, 0.3) is 0 Å². The molecule has 1 aromatic rings. The van der Waals surface area contributed by atoms with E-state index >= 15 is 0 Å². The molecule has 1 aliphatic rings. The van der Waals surface area contributed by atoms with E-state index in [9.17, 15) is 34.0 Å². The molecule has 0 bridgehead atoms. The van der Waals surface area contributed by atoms with Crippen molar-refractivity contribution >= 4 is 44.4 Å². The number of aliphatic hydroxyl groups is 1. The summed E-state index contributed by atoms with van der Waals surface area (Å²) in [7, 11) is -2.04. The van der Waals surface area contributed by atoms with Crippen molar-refractivity contribution in [3.05, 3.63) is 35.9 Å². The highest BCUT2D eigenvalue weighted by atomic mass is 31.2. The number of hydrogen-bond acceptors (Lipinski definition) is 18. The maximum Gasteiger partial charge on any atom is 0.322 e. The van der Waals surface area contributed by atoms with E-state index in [0.717, 1.165) is 19.6 Å². The fraction of sp³-hybridized carbons (Fsp3) is 0.707. The van der Waals surface area contributed by atoms with Crippen molar-refractivity contribution < 1.29 is 86.0 Å². The Morgan fingerprint density at radius 2 is 1.05 bits per heavy atom. The van der Waals surface area contributed by atoms with E-state index in [1.54, 1.807) is 41.5 Å². The molecule has 4 atom stereocenters. The minimum absolute atomic E-state index is 0.0884. The Hall–Kier alpha value is -3.77. The molecule has 0 amide bonds. The molecule has 0 saturated carbocycles. The summed E-state index contributed by atoms with van der Waals surface area (Å²) in [4.78, 5) is 66.5. The monoisotopic (exact) mass is 879 g/mol. The van der Waals surface area contributed by atoms with Crippen molar-refractivity contribution in [1.29, 1.82) is 0 Å². The normalized spacial score (nSPS) is 13.4. The van der Waals surface area contributed by atoms with Gasteiger partial charge in [0.1, 0.15) is 25.9 Å². The van der Waals surface area contributed by atoms with E-state index in [2.05, 4.69) is 4.67 Å². The fourth-order valence-electron chi connectivity index (χ4n) is 3.96. The van der Waals surface area contributed by atoms with Gasteiger partial charge in [0.15, 0.2) is 12.2 Å². The van der Waals surface area contributed by atoms with Crippen LogP contribution in [-0.4, -0.2) is 112 Å². The van der Waals surface area contributed by atoms with E-state index in [0.29, 0.717) is 32.3 Å². The average Bonchev–Trinajstić information content (AvgIpc) is 3.88. The van der Waals surface area contributed by atoms with Gasteiger partial charge < -0.3 is 57.2 Å². The number of aryl methyl sites for hydroxylation is 1. The van der Waals surface area contributed by atoms with Crippen molar-refractivity contribution in [3.63, 3.8) is 0 Å². The molecule has 1 aromatic carbocycles. The van der Waals surface area contributed by atoms with Crippen molar-refractivity contribution in [3.8, 4) is 0 Å². The van der Waals surface area contributed by atoms with Gasteiger partial charge in [0, 0.05) is 51.7 Å². The van der Waals surface area contributed by atoms with Crippen LogP contribution in [0.1, 0.15) is 118 Å². The van der Waals surface area contributed by atoms with Crippen molar-refractivity contribution in [2.24, 2.45) is 0 Å². The molecule has 19 heteroatoms. The smallest absolute Gasteiger partial charge is 0.322 e. The number of carbonyl (C=O) groups excluding carboxylic acids is 6. The molecule has 0 radical (unpaired) electrons. The van der Waals surface area contributed by atoms with E-state index < -0.39 is 38.7 Å². The van der Waals surface area contributed by atoms with E-state index in [1.165, 1.54) is 18.4 Å². The number of carbonyl (C=O) groups is 6. The van der Waals surface area contributed by atoms with Crippen LogP contribution in [-0.2, 0) is 82.1 Å². The van der Waals surface area contributed by atoms with Gasteiger partial charge in [-0.25, -0.2) is 0 Å². The van der Waals surface area contributed by atoms with Crippen LogP contribution in [0.4, 0.5) is 0 Å². The van der Waals surface area contributed by atoms with Crippen LogP contribution in [0.15, 0.2) is 30.3 Å². The molecule has 1 fully saturated rings. The van der Waals surface area contributed by atoms with Crippen LogP contribution < -0.4 is 5.26 Å². The average molecular weight is 880 g/mol. The Labute approximate surface area is 356 Å². The van der Waals surface area contributed by atoms with Crippen molar-refractivity contribution in [1.82, 2.24) is 0 Å². The molecular formula is C41H68O18P-. The molecule has 1 aliphatic heterocycles. The van der Waals surface area contributed by atoms with Gasteiger partial charge in [0.05, 0.1) is 19.8 Å². The van der Waals surface area contributed by atoms with Crippen molar-refractivity contribution in [2.45, 2.75) is 137 Å². The van der Waals surface area contributed by atoms with Crippen LogP contribution in [0, 0.1) is 0 Å². The Balaban J connectivity index is 0. The first-order valence-electron chi connectivity index (χ1n) is 20.5. The molecule has 60 heavy (non-hydrogen) atoms. The Morgan fingerprint density at radius 1 is 0.617 bits per heavy atom. The number of rotatable bonds is 26. The highest BCUT2D eigenvalue weighted by Gasteiger charge is 2.20. The first kappa shape index (κ1) is 58.3. The fourth-order valence-corrected chi connectivity index (χ4v) is 4.74. The summed E-state index contributed by atoms with van der Waals surface area (Å²) < 4.78 is 48.7. The molecule has 1 saturated heterocycles. The summed E-state index contributed by atoms with van der Waals surface area (Å²) in [6.45, 7) is 13.7. The van der Waals surface area contributed by atoms with Gasteiger partial charge in [-0.3, -0.25) is 28.8 Å². The standard InChI is InChI=1S/C16H22O4.C12H23O8P.C9H16O5.C4H8O/c1-3-15(17)19-12-14(20-16(18)4-2)11-10-13-8-6-5-7-9-13;1-4-7-17-21(20-15)18-9-10(19-12(14)6-3)8-16-11(13)5-2;1-3-8(11)13-6-7(5-10)14-9(12)4-2;1-2-4-5-3-1/h5-9,14H,3-4,10-12H2,1-2H3;10,15H,4-9H2,1-3H3;7,10H,3-6H2,1-2H3;1-4H2/p-1. The molecule has 18 nitrogen and oxygen atoms in total. The first-order chi connectivity index (χ1) is 28.9. The maximum atomic E-state index is 11.4. The number of ether oxygens (including phenoxy) is 7. The van der Waals surface area contributed by atoms with Gasteiger partial charge in [0.25, 0.3) is 0 Å². The van der Waals surface area contributed by atoms with Crippen LogP contribution >= 0.6 is 8.60 Å². The summed E-state index contributed by atoms with van der Waals surface area (Å²) in [6.07, 6.45) is 4.29. The van der Waals surface area contributed by atoms with Gasteiger partial charge in [-0.1, -0.05) is 78.8 Å². The zero-order valence-electron chi connectivity index (χ0n) is 36.4. The molecule has 0 aliphatic carbocycles. The lowest BCUT2D eigenvalue weighted by Crippen LogP contribution is -2.29. The zero-order chi connectivity index (χ0) is 45.4. The predicted octanol–water partition coefficient (Wildman–Crippen LogP) is 5.17. The quantitative estimate of drug-likeness (QED) is 0.0415. The lowest BCUT2D eigenvalue weighted by molar-refractivity contribution is -0.640. The Kier molecular flexibility index (Phi) is 39.5. The van der Waals surface area contributed by atoms with E-state index in [4.69, 9.17) is 47.3 Å². The van der Waals surface area contributed by atoms with Gasteiger partial charge in [0.2, 0.25) is 0 Å². The predicted molar refractivity (Wildman–Crippen MR) is 216 cm³/mol. The number of benzene rings is 1. The van der Waals surface area contributed by atoms with Crippen molar-refractivity contribution in [2.75, 3.05) is 52.9 Å². The number of hydrogen-bond donors (Lipinski definition) is 1. The van der Waals surface area contributed by atoms with Gasteiger partial charge in [-0.05, 0) is 37.7 Å². The Bertz CT molecular complexity index is 1260. The third-order valence-corrected chi connectivity index (χ3v) is 8.25. The van der Waals surface area contributed by atoms with Gasteiger partial charge in [-0.15, -0.1) is 0 Å². The molecular weight excluding hydrogens is 811 g/mol. The molecule has 1 heterocycles. The second-order valence-electron chi connectivity index (χ2n) is 12.5. The molecule has 2 rings (SSSR count). The molecule has 4 unspecified atom stereocenters. The van der Waals surface area contributed by atoms with Gasteiger partial charge in [-0.2, -0.15) is 0 Å². The number of aliphatic hydroxyl groups excluding tert-OH is 1. The molecule has 0 spiro atoms. The minimum Gasteiger partial charge on any atom is -0.716 e. The summed E-state index contributed by atoms with van der Waals surface area (Å²) >= 11 is 0. The molecule has 0 aromatic heterocycles.